The van der Waals surface area contributed by atoms with E-state index in [0.717, 1.165) is 0 Å². The van der Waals surface area contributed by atoms with E-state index in [0.29, 0.717) is 27.4 Å². The molecule has 0 saturated carbocycles. The minimum atomic E-state index is -0.271. The zero-order chi connectivity index (χ0) is 15.0. The van der Waals surface area contributed by atoms with Gasteiger partial charge < -0.3 is 4.90 Å². The number of rotatable bonds is 2. The Hall–Kier alpha value is -2.46. The quantitative estimate of drug-likeness (QED) is 0.632. The summed E-state index contributed by atoms with van der Waals surface area (Å²) in [6, 6.07) is 8.61. The van der Waals surface area contributed by atoms with E-state index < -0.39 is 0 Å². The van der Waals surface area contributed by atoms with E-state index in [1.54, 1.807) is 43.6 Å². The minimum Gasteiger partial charge on any atom is -0.311 e. The van der Waals surface area contributed by atoms with E-state index in [1.807, 2.05) is 0 Å². The summed E-state index contributed by atoms with van der Waals surface area (Å²) in [7, 11) is 1.66. The van der Waals surface area contributed by atoms with Crippen LogP contribution in [-0.4, -0.2) is 23.7 Å². The topological polar surface area (TPSA) is 50.3 Å². The third kappa shape index (κ3) is 2.23. The van der Waals surface area contributed by atoms with Crippen LogP contribution in [0.2, 0.25) is 5.02 Å². The Labute approximate surface area is 126 Å². The van der Waals surface area contributed by atoms with Crippen molar-refractivity contribution in [2.45, 2.75) is 0 Å². The second-order valence-electron chi connectivity index (χ2n) is 4.66. The van der Waals surface area contributed by atoms with Crippen molar-refractivity contribution in [3.8, 4) is 0 Å². The van der Waals surface area contributed by atoms with Crippen molar-refractivity contribution in [2.24, 2.45) is 0 Å². The number of hydrogen-bond acceptors (Lipinski definition) is 3. The summed E-state index contributed by atoms with van der Waals surface area (Å²) < 4.78 is 0. The van der Waals surface area contributed by atoms with Gasteiger partial charge in [-0.2, -0.15) is 0 Å². The van der Waals surface area contributed by atoms with E-state index in [-0.39, 0.29) is 11.7 Å². The largest absolute Gasteiger partial charge is 0.311 e. The number of anilines is 1. The first-order valence-corrected chi connectivity index (χ1v) is 6.70. The molecule has 0 spiro atoms. The molecule has 0 bridgehead atoms. The maximum atomic E-state index is 12.3. The standard InChI is InChI=1S/C16H11ClN2O2/c1-19-13-6-2-5-12(17)15(13)11(16(19)21)8-14(20)10-4-3-7-18-9-10/h2-9H,1H3. The SMILES string of the molecule is CN1C(=O)C(=CC(=O)c2cccnc2)c2c(Cl)cccc21. The molecule has 2 heterocycles. The van der Waals surface area contributed by atoms with Crippen LogP contribution in [0.1, 0.15) is 15.9 Å². The third-order valence-corrected chi connectivity index (χ3v) is 3.69. The van der Waals surface area contributed by atoms with Crippen LogP contribution in [0.15, 0.2) is 48.8 Å². The van der Waals surface area contributed by atoms with Gasteiger partial charge in [0.2, 0.25) is 0 Å². The maximum absolute atomic E-state index is 12.3. The lowest BCUT2D eigenvalue weighted by Gasteiger charge is -2.08. The number of fused-ring (bicyclic) bond motifs is 1. The monoisotopic (exact) mass is 298 g/mol. The van der Waals surface area contributed by atoms with E-state index in [4.69, 9.17) is 11.6 Å². The zero-order valence-corrected chi connectivity index (χ0v) is 12.0. The molecule has 0 unspecified atom stereocenters. The van der Waals surface area contributed by atoms with Crippen molar-refractivity contribution in [1.29, 1.82) is 0 Å². The first-order valence-electron chi connectivity index (χ1n) is 6.32. The fourth-order valence-corrected chi connectivity index (χ4v) is 2.58. The summed E-state index contributed by atoms with van der Waals surface area (Å²) in [5.41, 5.74) is 2.05. The second kappa shape index (κ2) is 5.14. The molecule has 1 aliphatic rings. The highest BCUT2D eigenvalue weighted by molar-refractivity contribution is 6.41. The summed E-state index contributed by atoms with van der Waals surface area (Å²) in [5.74, 6) is -0.511. The zero-order valence-electron chi connectivity index (χ0n) is 11.2. The molecule has 1 aromatic heterocycles. The number of carbonyl (C=O) groups excluding carboxylic acids is 2. The molecule has 4 nitrogen and oxygen atoms in total. The molecule has 1 aliphatic heterocycles. The van der Waals surface area contributed by atoms with Crippen molar-refractivity contribution in [3.63, 3.8) is 0 Å². The van der Waals surface area contributed by atoms with Gasteiger partial charge in [0.05, 0.1) is 16.3 Å². The van der Waals surface area contributed by atoms with Crippen LogP contribution in [0.25, 0.3) is 5.57 Å². The Morgan fingerprint density at radius 2 is 2.10 bits per heavy atom. The van der Waals surface area contributed by atoms with Crippen molar-refractivity contribution < 1.29 is 9.59 Å². The number of nitrogens with zero attached hydrogens (tertiary/aromatic N) is 2. The maximum Gasteiger partial charge on any atom is 0.258 e. The van der Waals surface area contributed by atoms with Crippen LogP contribution in [0, 0.1) is 0 Å². The molecule has 0 radical (unpaired) electrons. The van der Waals surface area contributed by atoms with Gasteiger partial charge >= 0.3 is 0 Å². The predicted molar refractivity (Wildman–Crippen MR) is 81.4 cm³/mol. The lowest BCUT2D eigenvalue weighted by molar-refractivity contribution is -0.112. The summed E-state index contributed by atoms with van der Waals surface area (Å²) in [6.07, 6.45) is 4.38. The Kier molecular flexibility index (Phi) is 3.31. The van der Waals surface area contributed by atoms with Crippen LogP contribution < -0.4 is 4.90 Å². The molecule has 1 amide bonds. The van der Waals surface area contributed by atoms with Gasteiger partial charge in [0.25, 0.3) is 5.91 Å². The van der Waals surface area contributed by atoms with Crippen molar-refractivity contribution in [3.05, 3.63) is 65.0 Å². The molecule has 0 saturated heterocycles. The highest BCUT2D eigenvalue weighted by Gasteiger charge is 2.32. The fourth-order valence-electron chi connectivity index (χ4n) is 2.31. The van der Waals surface area contributed by atoms with Crippen LogP contribution in [0.3, 0.4) is 0 Å². The first kappa shape index (κ1) is 13.5. The predicted octanol–water partition coefficient (Wildman–Crippen LogP) is 2.98. The van der Waals surface area contributed by atoms with E-state index in [9.17, 15) is 9.59 Å². The van der Waals surface area contributed by atoms with Gasteiger partial charge in [-0.25, -0.2) is 0 Å². The number of likely N-dealkylation sites (N-methyl/N-ethyl adjacent to an activating group) is 1. The van der Waals surface area contributed by atoms with Gasteiger partial charge in [-0.15, -0.1) is 0 Å². The van der Waals surface area contributed by atoms with Gasteiger partial charge in [-0.05, 0) is 30.3 Å². The minimum absolute atomic E-state index is 0.240. The molecule has 0 fully saturated rings. The molecule has 1 aromatic carbocycles. The number of aromatic nitrogens is 1. The number of halogens is 1. The molecule has 104 valence electrons. The number of benzene rings is 1. The molecule has 2 aromatic rings. The van der Waals surface area contributed by atoms with Crippen molar-refractivity contribution in [2.75, 3.05) is 11.9 Å². The van der Waals surface area contributed by atoms with E-state index >= 15 is 0 Å². The Balaban J connectivity index is 2.10. The lowest BCUT2D eigenvalue weighted by Crippen LogP contribution is -2.20. The number of hydrogen-bond donors (Lipinski definition) is 0. The molecule has 21 heavy (non-hydrogen) atoms. The number of allylic oxidation sites excluding steroid dienone is 1. The molecule has 0 atom stereocenters. The molecular formula is C16H11ClN2O2. The smallest absolute Gasteiger partial charge is 0.258 e. The van der Waals surface area contributed by atoms with Crippen LogP contribution in [0.4, 0.5) is 5.69 Å². The van der Waals surface area contributed by atoms with Gasteiger partial charge in [-0.3, -0.25) is 14.6 Å². The fraction of sp³-hybridized carbons (Fsp3) is 0.0625. The van der Waals surface area contributed by atoms with Gasteiger partial charge in [0.15, 0.2) is 5.78 Å². The summed E-state index contributed by atoms with van der Waals surface area (Å²) in [4.78, 5) is 30.0. The number of amides is 1. The Bertz CT molecular complexity index is 769. The molecule has 3 rings (SSSR count). The van der Waals surface area contributed by atoms with Gasteiger partial charge in [0.1, 0.15) is 0 Å². The highest BCUT2D eigenvalue weighted by Crippen LogP contribution is 2.40. The average Bonchev–Trinajstić information content (AvgIpc) is 2.74. The third-order valence-electron chi connectivity index (χ3n) is 3.38. The molecule has 0 aliphatic carbocycles. The van der Waals surface area contributed by atoms with Crippen molar-refractivity contribution >= 4 is 34.6 Å². The first-order chi connectivity index (χ1) is 10.1. The number of pyridine rings is 1. The number of ketones is 1. The van der Waals surface area contributed by atoms with Crippen LogP contribution >= 0.6 is 11.6 Å². The van der Waals surface area contributed by atoms with Gasteiger partial charge in [0, 0.05) is 30.6 Å². The highest BCUT2D eigenvalue weighted by atomic mass is 35.5. The average molecular weight is 299 g/mol. The van der Waals surface area contributed by atoms with E-state index in [2.05, 4.69) is 4.98 Å². The lowest BCUT2D eigenvalue weighted by atomic mass is 10.0. The number of carbonyl (C=O) groups is 2. The van der Waals surface area contributed by atoms with Crippen LogP contribution in [0.5, 0.6) is 0 Å². The molecular weight excluding hydrogens is 288 g/mol. The normalized spacial score (nSPS) is 15.4. The van der Waals surface area contributed by atoms with E-state index in [1.165, 1.54) is 17.2 Å². The van der Waals surface area contributed by atoms with Gasteiger partial charge in [-0.1, -0.05) is 17.7 Å². The summed E-state index contributed by atoms with van der Waals surface area (Å²) >= 11 is 6.18. The molecule has 5 heteroatoms. The molecule has 0 N–H and O–H groups in total. The van der Waals surface area contributed by atoms with Crippen molar-refractivity contribution in [1.82, 2.24) is 4.98 Å². The van der Waals surface area contributed by atoms with Crippen LogP contribution in [-0.2, 0) is 4.79 Å². The Morgan fingerprint density at radius 1 is 1.29 bits per heavy atom. The summed E-state index contributed by atoms with van der Waals surface area (Å²) in [5, 5.41) is 0.454. The second-order valence-corrected chi connectivity index (χ2v) is 5.07. The Morgan fingerprint density at radius 3 is 2.81 bits per heavy atom. The summed E-state index contributed by atoms with van der Waals surface area (Å²) in [6.45, 7) is 0.